The lowest BCUT2D eigenvalue weighted by molar-refractivity contribution is -0.138. The molecule has 0 saturated carbocycles. The van der Waals surface area contributed by atoms with Crippen LogP contribution in [0.15, 0.2) is 41.7 Å². The smallest absolute Gasteiger partial charge is 0.434 e. The van der Waals surface area contributed by atoms with E-state index in [1.54, 1.807) is 26.1 Å². The lowest BCUT2D eigenvalue weighted by Gasteiger charge is -2.28. The zero-order chi connectivity index (χ0) is 21.0. The van der Waals surface area contributed by atoms with Crippen LogP contribution < -0.4 is 5.32 Å². The molecule has 1 unspecified atom stereocenters. The molecule has 7 nitrogen and oxygen atoms in total. The maximum atomic E-state index is 12.9. The van der Waals surface area contributed by atoms with Crippen molar-refractivity contribution in [1.29, 1.82) is 0 Å². The number of ether oxygens (including phenoxy) is 2. The van der Waals surface area contributed by atoms with Gasteiger partial charge in [0, 0.05) is 28.4 Å². The molecule has 1 aromatic carbocycles. The lowest BCUT2D eigenvalue weighted by Crippen LogP contribution is -2.25. The minimum atomic E-state index is -0.587. The van der Waals surface area contributed by atoms with Gasteiger partial charge in [-0.2, -0.15) is 4.68 Å². The standard InChI is InChI=1S/C21H24ClN3O4/c1-4-9-16-18(20(26)28-5-2)17(13-10-7-8-11-15(13)22)14-12-25(21(27)29-6-3)24-19(14)23-16/h7-8,10-12,17H,4-6,9H2,1-3H3,(H,23,24). The Labute approximate surface area is 174 Å². The third-order valence-electron chi connectivity index (χ3n) is 4.60. The number of benzene rings is 1. The van der Waals surface area contributed by atoms with E-state index in [0.717, 1.165) is 22.4 Å². The summed E-state index contributed by atoms with van der Waals surface area (Å²) in [4.78, 5) is 25.2. The molecule has 3 rings (SSSR count). The maximum absolute atomic E-state index is 12.9. The highest BCUT2D eigenvalue weighted by atomic mass is 35.5. The van der Waals surface area contributed by atoms with Crippen molar-refractivity contribution in [1.82, 2.24) is 9.78 Å². The third-order valence-corrected chi connectivity index (χ3v) is 4.95. The number of aromatic nitrogens is 2. The topological polar surface area (TPSA) is 82.5 Å². The third kappa shape index (κ3) is 4.15. The van der Waals surface area contributed by atoms with Gasteiger partial charge in [-0.25, -0.2) is 9.59 Å². The molecular weight excluding hydrogens is 394 g/mol. The highest BCUT2D eigenvalue weighted by molar-refractivity contribution is 6.31. The molecule has 0 aliphatic carbocycles. The monoisotopic (exact) mass is 417 g/mol. The molecular formula is C21H24ClN3O4. The van der Waals surface area contributed by atoms with Gasteiger partial charge >= 0.3 is 12.1 Å². The molecule has 0 saturated heterocycles. The van der Waals surface area contributed by atoms with Crippen LogP contribution in [0.2, 0.25) is 5.02 Å². The second-order valence-electron chi connectivity index (χ2n) is 6.52. The van der Waals surface area contributed by atoms with Crippen LogP contribution >= 0.6 is 11.6 Å². The van der Waals surface area contributed by atoms with Crippen molar-refractivity contribution in [3.05, 3.63) is 57.9 Å². The fourth-order valence-electron chi connectivity index (χ4n) is 3.45. The first kappa shape index (κ1) is 20.9. The average Bonchev–Trinajstić information content (AvgIpc) is 3.12. The van der Waals surface area contributed by atoms with E-state index in [1.807, 2.05) is 25.1 Å². The molecule has 154 valence electrons. The van der Waals surface area contributed by atoms with Crippen molar-refractivity contribution in [2.24, 2.45) is 0 Å². The largest absolute Gasteiger partial charge is 0.463 e. The van der Waals surface area contributed by atoms with Crippen LogP contribution in [0.25, 0.3) is 0 Å². The van der Waals surface area contributed by atoms with Gasteiger partial charge in [0.2, 0.25) is 0 Å². The van der Waals surface area contributed by atoms with Crippen molar-refractivity contribution in [3.63, 3.8) is 0 Å². The second kappa shape index (κ2) is 9.13. The van der Waals surface area contributed by atoms with Crippen LogP contribution in [0.4, 0.5) is 10.6 Å². The van der Waals surface area contributed by atoms with E-state index in [-0.39, 0.29) is 13.2 Å². The maximum Gasteiger partial charge on any atom is 0.434 e. The molecule has 1 N–H and O–H groups in total. The first-order valence-electron chi connectivity index (χ1n) is 9.70. The Kier molecular flexibility index (Phi) is 6.59. The lowest BCUT2D eigenvalue weighted by atomic mass is 9.82. The Bertz CT molecular complexity index is 951. The van der Waals surface area contributed by atoms with E-state index in [9.17, 15) is 9.59 Å². The number of halogens is 1. The number of carbonyl (C=O) groups excluding carboxylic acids is 2. The molecule has 0 spiro atoms. The number of allylic oxidation sites excluding steroid dienone is 1. The molecule has 1 aliphatic rings. The number of fused-ring (bicyclic) bond motifs is 1. The number of esters is 1. The van der Waals surface area contributed by atoms with E-state index in [4.69, 9.17) is 21.1 Å². The predicted molar refractivity (Wildman–Crippen MR) is 110 cm³/mol. The van der Waals surface area contributed by atoms with Crippen LogP contribution in [0.5, 0.6) is 0 Å². The fourth-order valence-corrected chi connectivity index (χ4v) is 3.69. The molecule has 1 atom stereocenters. The van der Waals surface area contributed by atoms with Gasteiger partial charge in [0.25, 0.3) is 0 Å². The molecule has 1 aliphatic heterocycles. The highest BCUT2D eigenvalue weighted by Crippen LogP contribution is 2.44. The number of hydrogen-bond donors (Lipinski definition) is 1. The molecule has 1 aromatic heterocycles. The molecule has 29 heavy (non-hydrogen) atoms. The minimum absolute atomic E-state index is 0.234. The van der Waals surface area contributed by atoms with Crippen LogP contribution in [-0.2, 0) is 14.3 Å². The average molecular weight is 418 g/mol. The molecule has 2 aromatic rings. The quantitative estimate of drug-likeness (QED) is 0.685. The van der Waals surface area contributed by atoms with Crippen molar-refractivity contribution in [2.75, 3.05) is 18.5 Å². The van der Waals surface area contributed by atoms with E-state index < -0.39 is 18.0 Å². The summed E-state index contributed by atoms with van der Waals surface area (Å²) < 4.78 is 11.6. The SMILES string of the molecule is CCCC1=C(C(=O)OCC)C(c2ccccc2Cl)c2cn(C(=O)OCC)nc2N1. The number of anilines is 1. The summed E-state index contributed by atoms with van der Waals surface area (Å²) in [5.74, 6) is -0.425. The Morgan fingerprint density at radius 1 is 1.14 bits per heavy atom. The Hall–Kier alpha value is -2.80. The van der Waals surface area contributed by atoms with Crippen molar-refractivity contribution < 1.29 is 19.1 Å². The summed E-state index contributed by atoms with van der Waals surface area (Å²) in [7, 11) is 0. The van der Waals surface area contributed by atoms with Gasteiger partial charge in [-0.3, -0.25) is 0 Å². The van der Waals surface area contributed by atoms with Crippen molar-refractivity contribution in [2.45, 2.75) is 39.5 Å². The van der Waals surface area contributed by atoms with Crippen molar-refractivity contribution >= 4 is 29.5 Å². The Morgan fingerprint density at radius 3 is 2.52 bits per heavy atom. The second-order valence-corrected chi connectivity index (χ2v) is 6.93. The highest BCUT2D eigenvalue weighted by Gasteiger charge is 2.37. The van der Waals surface area contributed by atoms with Crippen LogP contribution in [-0.4, -0.2) is 35.1 Å². The molecule has 8 heteroatoms. The fraction of sp³-hybridized carbons (Fsp3) is 0.381. The first-order valence-corrected chi connectivity index (χ1v) is 10.1. The van der Waals surface area contributed by atoms with Gasteiger partial charge in [-0.1, -0.05) is 43.1 Å². The molecule has 0 fully saturated rings. The van der Waals surface area contributed by atoms with Gasteiger partial charge in [0.15, 0.2) is 5.82 Å². The van der Waals surface area contributed by atoms with E-state index in [1.165, 1.54) is 0 Å². The number of nitrogens with zero attached hydrogens (tertiary/aromatic N) is 2. The molecule has 0 amide bonds. The number of nitrogens with one attached hydrogen (secondary N) is 1. The summed E-state index contributed by atoms with van der Waals surface area (Å²) in [6.45, 7) is 6.01. The summed E-state index contributed by atoms with van der Waals surface area (Å²) in [5.41, 5.74) is 2.61. The number of rotatable bonds is 6. The normalized spacial score (nSPS) is 15.5. The van der Waals surface area contributed by atoms with Gasteiger partial charge in [0.05, 0.1) is 18.8 Å². The minimum Gasteiger partial charge on any atom is -0.463 e. The first-order chi connectivity index (χ1) is 14.0. The number of carbonyl (C=O) groups is 2. The van der Waals surface area contributed by atoms with Gasteiger partial charge < -0.3 is 14.8 Å². The zero-order valence-corrected chi connectivity index (χ0v) is 17.5. The van der Waals surface area contributed by atoms with Crippen LogP contribution in [0, 0.1) is 0 Å². The van der Waals surface area contributed by atoms with Crippen LogP contribution in [0.3, 0.4) is 0 Å². The van der Waals surface area contributed by atoms with Gasteiger partial charge in [0.1, 0.15) is 0 Å². The summed E-state index contributed by atoms with van der Waals surface area (Å²) >= 11 is 6.50. The summed E-state index contributed by atoms with van der Waals surface area (Å²) in [6.07, 6.45) is 2.43. The van der Waals surface area contributed by atoms with Gasteiger partial charge in [-0.05, 0) is 31.9 Å². The Balaban J connectivity index is 2.20. The predicted octanol–water partition coefficient (Wildman–Crippen LogP) is 4.72. The molecule has 0 radical (unpaired) electrons. The van der Waals surface area contributed by atoms with Gasteiger partial charge in [-0.15, -0.1) is 5.10 Å². The van der Waals surface area contributed by atoms with E-state index in [0.29, 0.717) is 28.4 Å². The zero-order valence-electron chi connectivity index (χ0n) is 16.7. The number of hydrogen-bond acceptors (Lipinski definition) is 6. The van der Waals surface area contributed by atoms with Crippen molar-refractivity contribution in [3.8, 4) is 0 Å². The van der Waals surface area contributed by atoms with E-state index in [2.05, 4.69) is 10.4 Å². The molecule has 2 heterocycles. The summed E-state index contributed by atoms with van der Waals surface area (Å²) in [6, 6.07) is 7.33. The van der Waals surface area contributed by atoms with E-state index >= 15 is 0 Å². The van der Waals surface area contributed by atoms with Crippen LogP contribution in [0.1, 0.15) is 50.7 Å². The summed E-state index contributed by atoms with van der Waals surface area (Å²) in [5, 5.41) is 8.09. The Morgan fingerprint density at radius 2 is 1.86 bits per heavy atom. The molecule has 0 bridgehead atoms.